The zero-order chi connectivity index (χ0) is 14.9. The average molecular weight is 304 g/mol. The lowest BCUT2D eigenvalue weighted by molar-refractivity contribution is 0.0958. The maximum Gasteiger partial charge on any atom is 0.193 e. The van der Waals surface area contributed by atoms with Crippen LogP contribution in [0, 0.1) is 17.8 Å². The van der Waals surface area contributed by atoms with E-state index in [9.17, 15) is 0 Å². The molecule has 4 fully saturated rings. The first kappa shape index (κ1) is 14.8. The van der Waals surface area contributed by atoms with E-state index in [-0.39, 0.29) is 0 Å². The Kier molecular flexibility index (Phi) is 4.29. The van der Waals surface area contributed by atoms with Crippen molar-refractivity contribution in [2.75, 3.05) is 39.8 Å². The normalized spacial score (nSPS) is 36.1. The van der Waals surface area contributed by atoms with Crippen LogP contribution in [0.3, 0.4) is 0 Å². The molecule has 1 N–H and O–H groups in total. The summed E-state index contributed by atoms with van der Waals surface area (Å²) in [5, 5.41) is 3.58. The highest BCUT2D eigenvalue weighted by atomic mass is 15.4. The number of hydrogen-bond donors (Lipinski definition) is 1. The minimum absolute atomic E-state index is 0.908. The van der Waals surface area contributed by atoms with E-state index >= 15 is 0 Å². The third-order valence-electron chi connectivity index (χ3n) is 6.53. The first-order chi connectivity index (χ1) is 10.8. The molecule has 1 aliphatic heterocycles. The van der Waals surface area contributed by atoms with Crippen molar-refractivity contribution in [3.05, 3.63) is 0 Å². The van der Waals surface area contributed by atoms with E-state index in [1.807, 2.05) is 7.05 Å². The van der Waals surface area contributed by atoms with E-state index in [1.165, 1.54) is 58.0 Å². The van der Waals surface area contributed by atoms with Crippen LogP contribution in [-0.2, 0) is 0 Å². The minimum Gasteiger partial charge on any atom is -0.356 e. The molecule has 124 valence electrons. The molecular weight excluding hydrogens is 272 g/mol. The van der Waals surface area contributed by atoms with Gasteiger partial charge in [0.05, 0.1) is 0 Å². The van der Waals surface area contributed by atoms with E-state index in [4.69, 9.17) is 0 Å². The Morgan fingerprint density at radius 2 is 1.86 bits per heavy atom. The molecule has 1 saturated heterocycles. The first-order valence-corrected chi connectivity index (χ1v) is 9.53. The van der Waals surface area contributed by atoms with E-state index < -0.39 is 0 Å². The number of nitrogens with one attached hydrogen (secondary N) is 1. The maximum atomic E-state index is 4.50. The third-order valence-corrected chi connectivity index (χ3v) is 6.53. The van der Waals surface area contributed by atoms with Gasteiger partial charge >= 0.3 is 0 Å². The number of guanidine groups is 1. The number of fused-ring (bicyclic) bond motifs is 2. The van der Waals surface area contributed by atoms with Crippen LogP contribution in [0.2, 0.25) is 0 Å². The fourth-order valence-corrected chi connectivity index (χ4v) is 5.05. The zero-order valence-electron chi connectivity index (χ0n) is 14.1. The molecule has 0 amide bonds. The highest BCUT2D eigenvalue weighted by molar-refractivity contribution is 5.79. The lowest BCUT2D eigenvalue weighted by Crippen LogP contribution is -2.55. The van der Waals surface area contributed by atoms with Gasteiger partial charge in [0.15, 0.2) is 5.96 Å². The van der Waals surface area contributed by atoms with Crippen molar-refractivity contribution in [3.8, 4) is 0 Å². The highest BCUT2D eigenvalue weighted by Gasteiger charge is 2.42. The summed E-state index contributed by atoms with van der Waals surface area (Å²) in [7, 11) is 1.93. The molecule has 0 aromatic heterocycles. The molecule has 0 radical (unpaired) electrons. The topological polar surface area (TPSA) is 30.9 Å². The van der Waals surface area contributed by atoms with Crippen LogP contribution in [0.1, 0.15) is 44.9 Å². The first-order valence-electron chi connectivity index (χ1n) is 9.53. The zero-order valence-corrected chi connectivity index (χ0v) is 14.1. The summed E-state index contributed by atoms with van der Waals surface area (Å²) in [6.07, 6.45) is 10.2. The van der Waals surface area contributed by atoms with Gasteiger partial charge in [0, 0.05) is 45.8 Å². The second kappa shape index (κ2) is 6.38. The van der Waals surface area contributed by atoms with Gasteiger partial charge in [0.25, 0.3) is 0 Å². The van der Waals surface area contributed by atoms with Crippen molar-refractivity contribution in [2.24, 2.45) is 22.7 Å². The Hall–Kier alpha value is -0.770. The van der Waals surface area contributed by atoms with Gasteiger partial charge in [-0.3, -0.25) is 9.89 Å². The number of rotatable bonds is 4. The lowest BCUT2D eigenvalue weighted by Gasteiger charge is -2.42. The average Bonchev–Trinajstić information content (AvgIpc) is 3.14. The second-order valence-electron chi connectivity index (χ2n) is 7.97. The molecule has 3 saturated carbocycles. The molecule has 3 aliphatic carbocycles. The second-order valence-corrected chi connectivity index (χ2v) is 7.97. The van der Waals surface area contributed by atoms with Crippen LogP contribution in [0.4, 0.5) is 0 Å². The molecule has 4 aliphatic rings. The van der Waals surface area contributed by atoms with E-state index in [0.29, 0.717) is 0 Å². The number of piperazine rings is 1. The van der Waals surface area contributed by atoms with E-state index in [0.717, 1.165) is 49.4 Å². The van der Waals surface area contributed by atoms with Crippen LogP contribution in [-0.4, -0.2) is 61.6 Å². The van der Waals surface area contributed by atoms with Crippen LogP contribution in [0.15, 0.2) is 4.99 Å². The monoisotopic (exact) mass is 304 g/mol. The van der Waals surface area contributed by atoms with Gasteiger partial charge in [-0.2, -0.15) is 0 Å². The molecule has 22 heavy (non-hydrogen) atoms. The van der Waals surface area contributed by atoms with E-state index in [1.54, 1.807) is 0 Å². The Labute approximate surface area is 135 Å². The maximum absolute atomic E-state index is 4.50. The fraction of sp³-hybridized carbons (Fsp3) is 0.944. The van der Waals surface area contributed by atoms with Crippen LogP contribution >= 0.6 is 0 Å². The molecule has 4 rings (SSSR count). The summed E-state index contributed by atoms with van der Waals surface area (Å²) < 4.78 is 0. The SMILES string of the molecule is CN=C(NCCC1CC1)N1CCN(C2CC3CCC2C3)CC1. The summed E-state index contributed by atoms with van der Waals surface area (Å²) in [6.45, 7) is 5.87. The van der Waals surface area contributed by atoms with Gasteiger partial charge in [0.2, 0.25) is 0 Å². The van der Waals surface area contributed by atoms with Crippen LogP contribution in [0.5, 0.6) is 0 Å². The van der Waals surface area contributed by atoms with Crippen LogP contribution in [0.25, 0.3) is 0 Å². The highest BCUT2D eigenvalue weighted by Crippen LogP contribution is 2.46. The Balaban J connectivity index is 1.23. The summed E-state index contributed by atoms with van der Waals surface area (Å²) in [5.41, 5.74) is 0. The van der Waals surface area contributed by atoms with Crippen molar-refractivity contribution in [3.63, 3.8) is 0 Å². The number of hydrogen-bond acceptors (Lipinski definition) is 2. The largest absolute Gasteiger partial charge is 0.356 e. The summed E-state index contributed by atoms with van der Waals surface area (Å²) in [6, 6.07) is 0.908. The van der Waals surface area contributed by atoms with Gasteiger partial charge in [-0.15, -0.1) is 0 Å². The van der Waals surface area contributed by atoms with Crippen molar-refractivity contribution in [2.45, 2.75) is 51.0 Å². The number of nitrogens with zero attached hydrogens (tertiary/aromatic N) is 3. The molecule has 3 atom stereocenters. The molecule has 4 nitrogen and oxygen atoms in total. The van der Waals surface area contributed by atoms with Crippen LogP contribution < -0.4 is 5.32 Å². The predicted octanol–water partition coefficient (Wildman–Crippen LogP) is 2.17. The summed E-state index contributed by atoms with van der Waals surface area (Å²) in [4.78, 5) is 9.76. The summed E-state index contributed by atoms with van der Waals surface area (Å²) in [5.74, 6) is 4.21. The molecular formula is C18H32N4. The van der Waals surface area contributed by atoms with Crippen molar-refractivity contribution >= 4 is 5.96 Å². The standard InChI is InChI=1S/C18H32N4/c1-19-18(20-7-6-14-2-3-14)22-10-8-21(9-11-22)17-13-15-4-5-16(17)12-15/h14-17H,2-13H2,1H3,(H,19,20). The van der Waals surface area contributed by atoms with Crippen molar-refractivity contribution in [1.29, 1.82) is 0 Å². The molecule has 0 spiro atoms. The van der Waals surface area contributed by atoms with Crippen molar-refractivity contribution < 1.29 is 0 Å². The molecule has 2 bridgehead atoms. The minimum atomic E-state index is 0.908. The smallest absolute Gasteiger partial charge is 0.193 e. The molecule has 0 aromatic carbocycles. The van der Waals surface area contributed by atoms with Gasteiger partial charge < -0.3 is 10.2 Å². The predicted molar refractivity (Wildman–Crippen MR) is 91.1 cm³/mol. The van der Waals surface area contributed by atoms with E-state index in [2.05, 4.69) is 20.1 Å². The molecule has 4 heteroatoms. The van der Waals surface area contributed by atoms with Gasteiger partial charge in [0.1, 0.15) is 0 Å². The van der Waals surface area contributed by atoms with Gasteiger partial charge in [-0.1, -0.05) is 19.3 Å². The van der Waals surface area contributed by atoms with Gasteiger partial charge in [-0.25, -0.2) is 0 Å². The Morgan fingerprint density at radius 3 is 2.45 bits per heavy atom. The molecule has 1 heterocycles. The van der Waals surface area contributed by atoms with Crippen molar-refractivity contribution in [1.82, 2.24) is 15.1 Å². The Bertz CT molecular complexity index is 409. The lowest BCUT2D eigenvalue weighted by atomic mass is 9.93. The molecule has 3 unspecified atom stereocenters. The molecule has 0 aromatic rings. The number of aliphatic imine (C=N–C) groups is 1. The van der Waals surface area contributed by atoms with Gasteiger partial charge in [-0.05, 0) is 43.4 Å². The third kappa shape index (κ3) is 3.12. The summed E-state index contributed by atoms with van der Waals surface area (Å²) >= 11 is 0. The quantitative estimate of drug-likeness (QED) is 0.638. The fourth-order valence-electron chi connectivity index (χ4n) is 5.05. The Morgan fingerprint density at radius 1 is 1.05 bits per heavy atom.